The molecule has 1 aromatic heterocycles. The zero-order valence-electron chi connectivity index (χ0n) is 14.9. The van der Waals surface area contributed by atoms with Crippen molar-refractivity contribution in [1.82, 2.24) is 4.98 Å². The molecule has 0 amide bonds. The fourth-order valence-electron chi connectivity index (χ4n) is 2.93. The van der Waals surface area contributed by atoms with Crippen LogP contribution in [0.25, 0.3) is 10.9 Å². The Morgan fingerprint density at radius 1 is 1.04 bits per heavy atom. The van der Waals surface area contributed by atoms with Crippen LogP contribution < -0.4 is 0 Å². The van der Waals surface area contributed by atoms with E-state index in [0.29, 0.717) is 11.3 Å². The van der Waals surface area contributed by atoms with Gasteiger partial charge in [0.2, 0.25) is 0 Å². The third-order valence-corrected chi connectivity index (χ3v) is 7.01. The lowest BCUT2D eigenvalue weighted by Crippen LogP contribution is -2.27. The van der Waals surface area contributed by atoms with E-state index < -0.39 is 14.6 Å². The predicted octanol–water partition coefficient (Wildman–Crippen LogP) is 4.78. The Balaban J connectivity index is 1.95. The number of aromatic amines is 1. The van der Waals surface area contributed by atoms with Gasteiger partial charge < -0.3 is 4.98 Å². The van der Waals surface area contributed by atoms with E-state index in [1.165, 1.54) is 12.1 Å². The molecule has 25 heavy (non-hydrogen) atoms. The second kappa shape index (κ2) is 5.99. The molecule has 5 heteroatoms. The number of rotatable bonds is 3. The highest BCUT2D eigenvalue weighted by molar-refractivity contribution is 7.92. The number of benzene rings is 2. The van der Waals surface area contributed by atoms with Crippen LogP contribution in [0.5, 0.6) is 0 Å². The van der Waals surface area contributed by atoms with Gasteiger partial charge in [-0.3, -0.25) is 0 Å². The summed E-state index contributed by atoms with van der Waals surface area (Å²) in [6, 6.07) is 11.7. The monoisotopic (exact) mass is 359 g/mol. The van der Waals surface area contributed by atoms with Gasteiger partial charge in [0, 0.05) is 16.6 Å². The molecule has 1 N–H and O–H groups in total. The van der Waals surface area contributed by atoms with Crippen LogP contribution in [0.3, 0.4) is 0 Å². The van der Waals surface area contributed by atoms with Crippen molar-refractivity contribution in [1.29, 1.82) is 0 Å². The molecule has 3 nitrogen and oxygen atoms in total. The highest BCUT2D eigenvalue weighted by atomic mass is 32.2. The van der Waals surface area contributed by atoms with Gasteiger partial charge in [0.15, 0.2) is 9.84 Å². The van der Waals surface area contributed by atoms with Crippen LogP contribution in [0.2, 0.25) is 0 Å². The Hall–Kier alpha value is -2.14. The molecule has 0 fully saturated rings. The molecule has 0 unspecified atom stereocenters. The molecule has 1 heterocycles. The molecule has 0 aliphatic heterocycles. The molecule has 0 saturated carbocycles. The summed E-state index contributed by atoms with van der Waals surface area (Å²) < 4.78 is 37.7. The Kier molecular flexibility index (Phi) is 4.23. The molecule has 0 bridgehead atoms. The van der Waals surface area contributed by atoms with Gasteiger partial charge >= 0.3 is 0 Å². The minimum Gasteiger partial charge on any atom is -0.358 e. The first-order chi connectivity index (χ1) is 11.6. The number of hydrogen-bond acceptors (Lipinski definition) is 2. The highest BCUT2D eigenvalue weighted by Gasteiger charge is 2.30. The predicted molar refractivity (Wildman–Crippen MR) is 99.2 cm³/mol. The van der Waals surface area contributed by atoms with Crippen LogP contribution in [0.1, 0.15) is 37.6 Å². The Labute approximate surface area is 147 Å². The number of aromatic nitrogens is 1. The summed E-state index contributed by atoms with van der Waals surface area (Å²) in [4.78, 5) is 3.59. The van der Waals surface area contributed by atoms with E-state index >= 15 is 0 Å². The lowest BCUT2D eigenvalue weighted by molar-refractivity contribution is 0.560. The maximum Gasteiger partial charge on any atom is 0.183 e. The van der Waals surface area contributed by atoms with Crippen molar-refractivity contribution in [2.24, 2.45) is 0 Å². The van der Waals surface area contributed by atoms with E-state index in [1.807, 2.05) is 19.1 Å². The topological polar surface area (TPSA) is 49.9 Å². The third kappa shape index (κ3) is 3.21. The first-order valence-corrected chi connectivity index (χ1v) is 9.68. The summed E-state index contributed by atoms with van der Waals surface area (Å²) in [5.74, 6) is -0.264. The first kappa shape index (κ1) is 17.7. The normalized spacial score (nSPS) is 12.7. The Morgan fingerprint density at radius 2 is 1.68 bits per heavy atom. The zero-order valence-corrected chi connectivity index (χ0v) is 15.7. The molecule has 0 aliphatic carbocycles. The smallest absolute Gasteiger partial charge is 0.183 e. The number of halogens is 1. The molecular weight excluding hydrogens is 337 g/mol. The summed E-state index contributed by atoms with van der Waals surface area (Å²) in [6.07, 6.45) is 0.616. The molecule has 0 aliphatic rings. The average Bonchev–Trinajstić information content (AvgIpc) is 2.82. The number of nitrogens with one attached hydrogen (secondary N) is 1. The van der Waals surface area contributed by atoms with Gasteiger partial charge in [0.05, 0.1) is 9.64 Å². The van der Waals surface area contributed by atoms with E-state index in [2.05, 4.69) is 4.98 Å². The molecule has 3 aromatic rings. The number of aryl methyl sites for hydroxylation is 1. The molecule has 2 aromatic carbocycles. The van der Waals surface area contributed by atoms with Gasteiger partial charge in [-0.05, 0) is 75.6 Å². The minimum atomic E-state index is -3.36. The van der Waals surface area contributed by atoms with E-state index in [-0.39, 0.29) is 5.82 Å². The molecule has 0 saturated heterocycles. The maximum atomic E-state index is 13.6. The standard InChI is InChI=1S/C20H22FNO2S/c1-13-17(18-12-15(21)7-10-19(18)22-13)11-14-5-8-16(9-6-14)25(23,24)20(2,3)4/h5-10,12,22H,11H2,1-4H3. The van der Waals surface area contributed by atoms with E-state index in [4.69, 9.17) is 0 Å². The number of sulfone groups is 1. The van der Waals surface area contributed by atoms with Crippen molar-refractivity contribution in [3.05, 3.63) is 65.1 Å². The van der Waals surface area contributed by atoms with Gasteiger partial charge in [-0.25, -0.2) is 12.8 Å². The van der Waals surface area contributed by atoms with Crippen molar-refractivity contribution in [3.8, 4) is 0 Å². The lowest BCUT2D eigenvalue weighted by Gasteiger charge is -2.19. The summed E-state index contributed by atoms with van der Waals surface area (Å²) in [5, 5.41) is 0.865. The zero-order chi connectivity index (χ0) is 18.4. The summed E-state index contributed by atoms with van der Waals surface area (Å²) in [7, 11) is -3.36. The van der Waals surface area contributed by atoms with Gasteiger partial charge in [-0.1, -0.05) is 12.1 Å². The molecular formula is C20H22FNO2S. The van der Waals surface area contributed by atoms with Crippen LogP contribution in [0.4, 0.5) is 4.39 Å². The van der Waals surface area contributed by atoms with E-state index in [0.717, 1.165) is 27.7 Å². The SMILES string of the molecule is Cc1[nH]c2ccc(F)cc2c1Cc1ccc(S(=O)(=O)C(C)(C)C)cc1. The van der Waals surface area contributed by atoms with Crippen LogP contribution in [0, 0.1) is 12.7 Å². The van der Waals surface area contributed by atoms with E-state index in [9.17, 15) is 12.8 Å². The van der Waals surface area contributed by atoms with E-state index in [1.54, 1.807) is 39.0 Å². The van der Waals surface area contributed by atoms with Gasteiger partial charge in [-0.15, -0.1) is 0 Å². The lowest BCUT2D eigenvalue weighted by atomic mass is 10.0. The Bertz CT molecular complexity index is 1030. The molecule has 3 rings (SSSR count). The average molecular weight is 359 g/mol. The molecule has 0 radical (unpaired) electrons. The largest absolute Gasteiger partial charge is 0.358 e. The van der Waals surface area contributed by atoms with Crippen LogP contribution >= 0.6 is 0 Å². The first-order valence-electron chi connectivity index (χ1n) is 8.20. The molecule has 0 spiro atoms. The van der Waals surface area contributed by atoms with Gasteiger partial charge in [0.25, 0.3) is 0 Å². The van der Waals surface area contributed by atoms with Crippen molar-refractivity contribution in [2.45, 2.75) is 43.8 Å². The quantitative estimate of drug-likeness (QED) is 0.732. The number of fused-ring (bicyclic) bond motifs is 1. The Morgan fingerprint density at radius 3 is 2.28 bits per heavy atom. The van der Waals surface area contributed by atoms with Crippen molar-refractivity contribution >= 4 is 20.7 Å². The van der Waals surface area contributed by atoms with Crippen LogP contribution in [-0.4, -0.2) is 18.1 Å². The van der Waals surface area contributed by atoms with Gasteiger partial charge in [-0.2, -0.15) is 0 Å². The summed E-state index contributed by atoms with van der Waals surface area (Å²) in [5.41, 5.74) is 3.91. The number of H-pyrrole nitrogens is 1. The number of hydrogen-bond donors (Lipinski definition) is 1. The van der Waals surface area contributed by atoms with Crippen molar-refractivity contribution < 1.29 is 12.8 Å². The second-order valence-corrected chi connectivity index (χ2v) is 10.1. The fraction of sp³-hybridized carbons (Fsp3) is 0.300. The molecule has 132 valence electrons. The molecule has 0 atom stereocenters. The fourth-order valence-corrected chi connectivity index (χ4v) is 4.13. The van der Waals surface area contributed by atoms with Crippen molar-refractivity contribution in [2.75, 3.05) is 0 Å². The highest BCUT2D eigenvalue weighted by Crippen LogP contribution is 2.28. The summed E-state index contributed by atoms with van der Waals surface area (Å²) in [6.45, 7) is 7.05. The maximum absolute atomic E-state index is 13.6. The minimum absolute atomic E-state index is 0.264. The second-order valence-electron chi connectivity index (χ2n) is 7.35. The van der Waals surface area contributed by atoms with Crippen molar-refractivity contribution in [3.63, 3.8) is 0 Å². The third-order valence-electron chi connectivity index (χ3n) is 4.50. The summed E-state index contributed by atoms with van der Waals surface area (Å²) >= 11 is 0. The van der Waals surface area contributed by atoms with Crippen LogP contribution in [0.15, 0.2) is 47.4 Å². The van der Waals surface area contributed by atoms with Gasteiger partial charge in [0.1, 0.15) is 5.82 Å². The van der Waals surface area contributed by atoms with Crippen LogP contribution in [-0.2, 0) is 16.3 Å².